The van der Waals surface area contributed by atoms with E-state index in [4.69, 9.17) is 55.5 Å². The Morgan fingerprint density at radius 2 is 1.06 bits per heavy atom. The van der Waals surface area contributed by atoms with Gasteiger partial charge in [-0.15, -0.1) is 20.4 Å². The first kappa shape index (κ1) is 50.6. The molecule has 2 atom stereocenters. The number of piperidine rings is 2. The highest BCUT2D eigenvalue weighted by molar-refractivity contribution is 6.31. The number of hydrogen-bond donors (Lipinski definition) is 3. The van der Waals surface area contributed by atoms with Crippen LogP contribution in [0.2, 0.25) is 10.0 Å². The lowest BCUT2D eigenvalue weighted by Crippen LogP contribution is -2.40. The van der Waals surface area contributed by atoms with Gasteiger partial charge in [-0.3, -0.25) is 0 Å². The molecular weight excluding hydrogens is 936 g/mol. The monoisotopic (exact) mass is 994 g/mol. The molecule has 0 spiro atoms. The Kier molecular flexibility index (Phi) is 16.6. The Bertz CT molecular complexity index is 2970. The van der Waals surface area contributed by atoms with Crippen LogP contribution in [-0.4, -0.2) is 110 Å². The number of halogens is 2. The minimum Gasteiger partial charge on any atom is -0.490 e. The molecule has 10 rings (SSSR count). The summed E-state index contributed by atoms with van der Waals surface area (Å²) in [7, 11) is 0. The molecule has 17 heteroatoms. The first-order chi connectivity index (χ1) is 33.5. The lowest BCUT2D eigenvalue weighted by Gasteiger charge is -2.33. The van der Waals surface area contributed by atoms with Crippen molar-refractivity contribution in [2.24, 2.45) is 0 Å². The van der Waals surface area contributed by atoms with E-state index in [1.165, 1.54) is 11.1 Å². The van der Waals surface area contributed by atoms with Crippen LogP contribution < -0.4 is 9.47 Å². The first-order valence-electron chi connectivity index (χ1n) is 23.3. The quantitative estimate of drug-likeness (QED) is 0.0879. The van der Waals surface area contributed by atoms with E-state index in [0.29, 0.717) is 70.9 Å². The lowest BCUT2D eigenvalue weighted by molar-refractivity contribution is 0.0598. The van der Waals surface area contributed by atoms with Crippen LogP contribution in [0, 0.1) is 20.8 Å². The fraction of sp³-hybridized carbons (Fsp3) is 0.396. The zero-order valence-corrected chi connectivity index (χ0v) is 40.3. The van der Waals surface area contributed by atoms with E-state index in [1.807, 2.05) is 56.3 Å². The molecule has 2 fully saturated rings. The lowest BCUT2D eigenvalue weighted by atomic mass is 9.89. The number of ether oxygens (including phenoxy) is 2. The van der Waals surface area contributed by atoms with Crippen LogP contribution in [0.1, 0.15) is 79.0 Å². The largest absolute Gasteiger partial charge is 0.490 e. The molecule has 0 amide bonds. The van der Waals surface area contributed by atoms with Crippen molar-refractivity contribution in [3.8, 4) is 34.8 Å². The molecule has 0 saturated carbocycles. The normalized spacial score (nSPS) is 15.9. The van der Waals surface area contributed by atoms with Crippen molar-refractivity contribution in [1.29, 1.82) is 0 Å². The standard InChI is InChI=1S/C26H28ClN3O5.C26H28ClN3O4.CH4/c1-16-5-6-18(11-21(16)27)17-7-9-30(10-8-17)13-19(32)15-33-22-3-2-4-23-20(22)12-24(34-23)26-29-28-25(14-31)35-26;1-16-6-7-19(12-22(16)27)18-8-10-30(11-9-18)14-20(31)15-32-23-4-3-5-24-21(23)13-25(34-24)26-29-28-17(2)33-26;/h2-6,11-12,17,19,31-32H,7-10,13-15H2,1H3;3-7,12-13,18,20,31H,8-11,14-15H2,1-2H3;1H4/t19-;20-;/m00./s1. The minimum atomic E-state index is -0.620. The van der Waals surface area contributed by atoms with E-state index in [-0.39, 0.29) is 39.0 Å². The van der Waals surface area contributed by atoms with Crippen LogP contribution in [0.5, 0.6) is 11.5 Å². The molecule has 8 aromatic rings. The highest BCUT2D eigenvalue weighted by atomic mass is 35.5. The number of nitrogens with zero attached hydrogens (tertiary/aromatic N) is 6. The number of aromatic nitrogens is 4. The van der Waals surface area contributed by atoms with Crippen molar-refractivity contribution in [1.82, 2.24) is 30.2 Å². The molecule has 15 nitrogen and oxygen atoms in total. The molecule has 0 radical (unpaired) electrons. The average molecular weight is 996 g/mol. The van der Waals surface area contributed by atoms with Gasteiger partial charge < -0.3 is 52.3 Å². The van der Waals surface area contributed by atoms with Crippen molar-refractivity contribution in [2.75, 3.05) is 52.5 Å². The van der Waals surface area contributed by atoms with Gasteiger partial charge in [-0.05, 0) is 136 Å². The van der Waals surface area contributed by atoms with Crippen LogP contribution >= 0.6 is 23.2 Å². The topological polar surface area (TPSA) is 190 Å². The second kappa shape index (κ2) is 23.0. The molecular formula is C53H60Cl2N6O9. The van der Waals surface area contributed by atoms with Gasteiger partial charge in [0.25, 0.3) is 11.8 Å². The summed E-state index contributed by atoms with van der Waals surface area (Å²) in [5.74, 6) is 4.26. The summed E-state index contributed by atoms with van der Waals surface area (Å²) in [4.78, 5) is 4.58. The summed E-state index contributed by atoms with van der Waals surface area (Å²) in [6.45, 7) is 10.7. The second-order valence-electron chi connectivity index (χ2n) is 17.9. The maximum absolute atomic E-state index is 10.6. The zero-order chi connectivity index (χ0) is 48.0. The molecule has 0 unspecified atom stereocenters. The number of aliphatic hydroxyl groups excluding tert-OH is 3. The van der Waals surface area contributed by atoms with Gasteiger partial charge in [-0.2, -0.15) is 0 Å². The molecule has 0 aliphatic carbocycles. The van der Waals surface area contributed by atoms with E-state index in [0.717, 1.165) is 83.8 Å². The van der Waals surface area contributed by atoms with Gasteiger partial charge in [0.05, 0.1) is 10.8 Å². The number of benzene rings is 4. The predicted octanol–water partition coefficient (Wildman–Crippen LogP) is 10.6. The Balaban J connectivity index is 0.000000186. The number of furan rings is 2. The van der Waals surface area contributed by atoms with Crippen LogP contribution in [-0.2, 0) is 6.61 Å². The summed E-state index contributed by atoms with van der Waals surface area (Å²) < 4.78 is 34.4. The first-order valence-corrected chi connectivity index (χ1v) is 24.1. The van der Waals surface area contributed by atoms with Gasteiger partial charge in [0.2, 0.25) is 11.8 Å². The fourth-order valence-electron chi connectivity index (χ4n) is 9.04. The van der Waals surface area contributed by atoms with Crippen molar-refractivity contribution < 1.29 is 42.5 Å². The Morgan fingerprint density at radius 1 is 0.600 bits per heavy atom. The third-order valence-corrected chi connectivity index (χ3v) is 13.7. The second-order valence-corrected chi connectivity index (χ2v) is 18.8. The number of β-amino-alcohol motifs (C(OH)–C–C–N with tert-alkyl or cyclic N) is 2. The highest BCUT2D eigenvalue weighted by Gasteiger charge is 2.25. The molecule has 4 aromatic carbocycles. The Morgan fingerprint density at radius 3 is 1.47 bits per heavy atom. The Hall–Kier alpha value is -5.78. The number of aryl methyl sites for hydroxylation is 3. The zero-order valence-electron chi connectivity index (χ0n) is 38.8. The van der Waals surface area contributed by atoms with Gasteiger partial charge in [-0.1, -0.05) is 67.0 Å². The maximum atomic E-state index is 10.6. The number of hydrogen-bond acceptors (Lipinski definition) is 15. The predicted molar refractivity (Wildman–Crippen MR) is 269 cm³/mol. The van der Waals surface area contributed by atoms with Crippen LogP contribution in [0.25, 0.3) is 45.2 Å². The summed E-state index contributed by atoms with van der Waals surface area (Å²) in [5, 5.41) is 49.1. The minimum absolute atomic E-state index is 0. The van der Waals surface area contributed by atoms with Crippen molar-refractivity contribution in [2.45, 2.75) is 84.5 Å². The van der Waals surface area contributed by atoms with E-state index in [1.54, 1.807) is 13.0 Å². The van der Waals surface area contributed by atoms with E-state index in [9.17, 15) is 10.2 Å². The van der Waals surface area contributed by atoms with E-state index >= 15 is 0 Å². The summed E-state index contributed by atoms with van der Waals surface area (Å²) in [6.07, 6.45) is 2.98. The molecule has 0 bridgehead atoms. The molecule has 70 heavy (non-hydrogen) atoms. The van der Waals surface area contributed by atoms with Crippen LogP contribution in [0.4, 0.5) is 0 Å². The van der Waals surface area contributed by atoms with Crippen molar-refractivity contribution >= 4 is 45.1 Å². The van der Waals surface area contributed by atoms with E-state index in [2.05, 4.69) is 66.6 Å². The molecule has 4 aromatic heterocycles. The average Bonchev–Trinajstić information content (AvgIpc) is 4.20. The van der Waals surface area contributed by atoms with Crippen molar-refractivity contribution in [3.63, 3.8) is 0 Å². The third-order valence-electron chi connectivity index (χ3n) is 12.9. The van der Waals surface area contributed by atoms with E-state index < -0.39 is 12.2 Å². The van der Waals surface area contributed by atoms with Gasteiger partial charge >= 0.3 is 0 Å². The molecule has 2 saturated heterocycles. The summed E-state index contributed by atoms with van der Waals surface area (Å²) >= 11 is 12.6. The van der Waals surface area contributed by atoms with Crippen LogP contribution in [0.15, 0.2) is 103 Å². The third kappa shape index (κ3) is 12.2. The number of likely N-dealkylation sites (tertiary alicyclic amines) is 2. The molecule has 3 N–H and O–H groups in total. The molecule has 2 aliphatic rings. The smallest absolute Gasteiger partial charge is 0.283 e. The van der Waals surface area contributed by atoms with Gasteiger partial charge in [0.15, 0.2) is 11.5 Å². The SMILES string of the molecule is C.Cc1ccc(C2CCN(C[C@H](O)COc3cccc4oc(-c5nnc(CO)o5)cc34)CC2)cc1Cl.Cc1nnc(-c2cc3c(OC[C@@H](O)CN4CCC(c5ccc(C)c(Cl)c5)CC4)cccc3o2)o1. The van der Waals surface area contributed by atoms with Crippen LogP contribution in [0.3, 0.4) is 0 Å². The Labute approximate surface area is 416 Å². The van der Waals surface area contributed by atoms with Gasteiger partial charge in [-0.25, -0.2) is 0 Å². The fourth-order valence-corrected chi connectivity index (χ4v) is 9.42. The molecule has 2 aliphatic heterocycles. The van der Waals surface area contributed by atoms with Gasteiger partial charge in [0.1, 0.15) is 54.7 Å². The summed E-state index contributed by atoms with van der Waals surface area (Å²) in [5.41, 5.74) is 6.08. The number of rotatable bonds is 15. The van der Waals surface area contributed by atoms with Gasteiger partial charge in [0, 0.05) is 42.2 Å². The molecule has 6 heterocycles. The maximum Gasteiger partial charge on any atom is 0.283 e. The number of fused-ring (bicyclic) bond motifs is 2. The number of aliphatic hydroxyl groups is 3. The van der Waals surface area contributed by atoms with Crippen molar-refractivity contribution in [3.05, 3.63) is 129 Å². The summed E-state index contributed by atoms with van der Waals surface area (Å²) in [6, 6.07) is 27.4. The highest BCUT2D eigenvalue weighted by Crippen LogP contribution is 2.36. The molecule has 370 valence electrons.